The number of amides is 1. The molecule has 1 aliphatic heterocycles. The van der Waals surface area contributed by atoms with Gasteiger partial charge in [-0.25, -0.2) is 8.42 Å². The van der Waals surface area contributed by atoms with Gasteiger partial charge < -0.3 is 9.64 Å². The fourth-order valence-corrected chi connectivity index (χ4v) is 4.77. The molecule has 0 aliphatic carbocycles. The topological polar surface area (TPSA) is 66.9 Å². The summed E-state index contributed by atoms with van der Waals surface area (Å²) in [6.45, 7) is 7.25. The molecular formula is C17H26N2O4S. The monoisotopic (exact) mass is 354 g/mol. The molecule has 0 spiro atoms. The van der Waals surface area contributed by atoms with Gasteiger partial charge in [-0.05, 0) is 43.5 Å². The van der Waals surface area contributed by atoms with Crippen molar-refractivity contribution in [2.24, 2.45) is 0 Å². The number of carbonyl (C=O) groups is 1. The summed E-state index contributed by atoms with van der Waals surface area (Å²) < 4.78 is 32.8. The van der Waals surface area contributed by atoms with E-state index in [1.807, 2.05) is 13.8 Å². The molecule has 0 unspecified atom stereocenters. The molecule has 0 N–H and O–H groups in total. The molecule has 7 heteroatoms. The van der Waals surface area contributed by atoms with Crippen LogP contribution in [0.5, 0.6) is 5.75 Å². The van der Waals surface area contributed by atoms with E-state index in [2.05, 4.69) is 0 Å². The highest BCUT2D eigenvalue weighted by Gasteiger charge is 2.29. The molecule has 0 aromatic heterocycles. The molecule has 134 valence electrons. The summed E-state index contributed by atoms with van der Waals surface area (Å²) in [5, 5.41) is 0. The van der Waals surface area contributed by atoms with Crippen LogP contribution >= 0.6 is 0 Å². The van der Waals surface area contributed by atoms with Crippen LogP contribution in [-0.4, -0.2) is 56.8 Å². The molecule has 2 rings (SSSR count). The van der Waals surface area contributed by atoms with Crippen molar-refractivity contribution in [1.29, 1.82) is 0 Å². The second-order valence-corrected chi connectivity index (χ2v) is 7.99. The van der Waals surface area contributed by atoms with Crippen LogP contribution < -0.4 is 4.74 Å². The van der Waals surface area contributed by atoms with E-state index in [9.17, 15) is 13.2 Å². The van der Waals surface area contributed by atoms with Gasteiger partial charge in [0.05, 0.1) is 12.0 Å². The van der Waals surface area contributed by atoms with Crippen LogP contribution in [0, 0.1) is 13.8 Å². The first-order chi connectivity index (χ1) is 11.3. The summed E-state index contributed by atoms with van der Waals surface area (Å²) in [7, 11) is -2.01. The smallest absolute Gasteiger partial charge is 0.243 e. The van der Waals surface area contributed by atoms with Gasteiger partial charge in [0.1, 0.15) is 5.75 Å². The van der Waals surface area contributed by atoms with Gasteiger partial charge >= 0.3 is 0 Å². The van der Waals surface area contributed by atoms with E-state index in [1.54, 1.807) is 31.1 Å². The number of rotatable bonds is 4. The Morgan fingerprint density at radius 1 is 1.12 bits per heavy atom. The zero-order valence-corrected chi connectivity index (χ0v) is 15.6. The van der Waals surface area contributed by atoms with Crippen molar-refractivity contribution in [3.05, 3.63) is 23.3 Å². The number of benzene rings is 1. The minimum absolute atomic E-state index is 0.0747. The molecular weight excluding hydrogens is 328 g/mol. The molecule has 6 nitrogen and oxygen atoms in total. The zero-order valence-electron chi connectivity index (χ0n) is 14.8. The van der Waals surface area contributed by atoms with Gasteiger partial charge in [0, 0.05) is 32.6 Å². The first-order valence-corrected chi connectivity index (χ1v) is 9.68. The number of methoxy groups -OCH3 is 1. The fraction of sp³-hybridized carbons (Fsp3) is 0.588. The van der Waals surface area contributed by atoms with E-state index in [0.717, 1.165) is 5.56 Å². The molecule has 1 amide bonds. The molecule has 1 aromatic carbocycles. The van der Waals surface area contributed by atoms with Gasteiger partial charge in [0.2, 0.25) is 15.9 Å². The van der Waals surface area contributed by atoms with Gasteiger partial charge in [-0.3, -0.25) is 4.79 Å². The molecule has 0 radical (unpaired) electrons. The average molecular weight is 354 g/mol. The molecule has 1 aromatic rings. The van der Waals surface area contributed by atoms with E-state index < -0.39 is 10.0 Å². The largest absolute Gasteiger partial charge is 0.496 e. The van der Waals surface area contributed by atoms with E-state index in [4.69, 9.17) is 4.74 Å². The fourth-order valence-electron chi connectivity index (χ4n) is 3.01. The Labute approximate surface area is 144 Å². The molecule has 0 saturated carbocycles. The van der Waals surface area contributed by atoms with E-state index in [1.165, 1.54) is 4.31 Å². The van der Waals surface area contributed by atoms with Crippen molar-refractivity contribution in [1.82, 2.24) is 9.21 Å². The van der Waals surface area contributed by atoms with E-state index >= 15 is 0 Å². The molecule has 1 aliphatic rings. The van der Waals surface area contributed by atoms with Gasteiger partial charge in [-0.1, -0.05) is 6.92 Å². The van der Waals surface area contributed by atoms with Crippen LogP contribution in [0.15, 0.2) is 17.0 Å². The predicted molar refractivity (Wildman–Crippen MR) is 92.7 cm³/mol. The highest BCUT2D eigenvalue weighted by atomic mass is 32.2. The van der Waals surface area contributed by atoms with Gasteiger partial charge in [-0.2, -0.15) is 4.31 Å². The van der Waals surface area contributed by atoms with Crippen molar-refractivity contribution in [2.45, 2.75) is 38.5 Å². The first kappa shape index (κ1) is 18.7. The van der Waals surface area contributed by atoms with Crippen molar-refractivity contribution in [2.75, 3.05) is 33.3 Å². The molecule has 0 bridgehead atoms. The average Bonchev–Trinajstić information content (AvgIpc) is 2.82. The number of carbonyl (C=O) groups excluding carboxylic acids is 1. The minimum Gasteiger partial charge on any atom is -0.496 e. The third kappa shape index (κ3) is 3.72. The lowest BCUT2D eigenvalue weighted by atomic mass is 10.1. The number of hydrogen-bond donors (Lipinski definition) is 0. The van der Waals surface area contributed by atoms with Crippen molar-refractivity contribution in [3.8, 4) is 5.75 Å². The first-order valence-electron chi connectivity index (χ1n) is 8.24. The third-order valence-electron chi connectivity index (χ3n) is 4.42. The second kappa shape index (κ2) is 7.53. The highest BCUT2D eigenvalue weighted by molar-refractivity contribution is 7.89. The van der Waals surface area contributed by atoms with Crippen molar-refractivity contribution in [3.63, 3.8) is 0 Å². The van der Waals surface area contributed by atoms with Crippen LogP contribution in [0.1, 0.15) is 30.9 Å². The number of nitrogens with zero attached hydrogens (tertiary/aromatic N) is 2. The Bertz CT molecular complexity index is 716. The number of ether oxygens (including phenoxy) is 1. The third-order valence-corrected chi connectivity index (χ3v) is 6.46. The van der Waals surface area contributed by atoms with Gasteiger partial charge in [-0.15, -0.1) is 0 Å². The lowest BCUT2D eigenvalue weighted by Crippen LogP contribution is -2.37. The zero-order chi connectivity index (χ0) is 17.9. The lowest BCUT2D eigenvalue weighted by molar-refractivity contribution is -0.130. The maximum atomic E-state index is 13.0. The van der Waals surface area contributed by atoms with Crippen LogP contribution in [-0.2, 0) is 14.8 Å². The number of sulfonamides is 1. The molecule has 1 heterocycles. The summed E-state index contributed by atoms with van der Waals surface area (Å²) >= 11 is 0. The van der Waals surface area contributed by atoms with Crippen LogP contribution in [0.2, 0.25) is 0 Å². The maximum Gasteiger partial charge on any atom is 0.243 e. The predicted octanol–water partition coefficient (Wildman–Crippen LogP) is 1.95. The summed E-state index contributed by atoms with van der Waals surface area (Å²) in [5.41, 5.74) is 1.46. The van der Waals surface area contributed by atoms with Gasteiger partial charge in [0.15, 0.2) is 0 Å². The molecule has 1 saturated heterocycles. The summed E-state index contributed by atoms with van der Waals surface area (Å²) in [4.78, 5) is 13.9. The van der Waals surface area contributed by atoms with E-state index in [-0.39, 0.29) is 5.91 Å². The van der Waals surface area contributed by atoms with Gasteiger partial charge in [0.25, 0.3) is 0 Å². The molecule has 0 atom stereocenters. The highest BCUT2D eigenvalue weighted by Crippen LogP contribution is 2.28. The Morgan fingerprint density at radius 3 is 2.46 bits per heavy atom. The summed E-state index contributed by atoms with van der Waals surface area (Å²) in [5.74, 6) is 0.757. The Balaban J connectivity index is 2.28. The molecule has 1 fully saturated rings. The Kier molecular flexibility index (Phi) is 5.87. The second-order valence-electron chi connectivity index (χ2n) is 6.08. The quantitative estimate of drug-likeness (QED) is 0.829. The van der Waals surface area contributed by atoms with E-state index in [0.29, 0.717) is 55.2 Å². The normalized spacial score (nSPS) is 16.8. The maximum absolute atomic E-state index is 13.0. The minimum atomic E-state index is -3.58. The summed E-state index contributed by atoms with van der Waals surface area (Å²) in [6.07, 6.45) is 1.10. The lowest BCUT2D eigenvalue weighted by Gasteiger charge is -2.23. The Morgan fingerprint density at radius 2 is 1.83 bits per heavy atom. The van der Waals surface area contributed by atoms with Crippen molar-refractivity contribution >= 4 is 15.9 Å². The number of hydrogen-bond acceptors (Lipinski definition) is 4. The SMILES string of the molecule is CCC(=O)N1CCCN(S(=O)(=O)c2cc(C)c(OC)cc2C)CC1. The standard InChI is InChI=1S/C17H26N2O4S/c1-5-17(20)18-7-6-8-19(10-9-18)24(21,22)16-12-13(2)15(23-4)11-14(16)3/h11-12H,5-10H2,1-4H3. The Hall–Kier alpha value is -1.60. The number of aryl methyl sites for hydroxylation is 2. The molecule has 24 heavy (non-hydrogen) atoms. The van der Waals surface area contributed by atoms with Crippen LogP contribution in [0.25, 0.3) is 0 Å². The van der Waals surface area contributed by atoms with Crippen LogP contribution in [0.3, 0.4) is 0 Å². The van der Waals surface area contributed by atoms with Crippen LogP contribution in [0.4, 0.5) is 0 Å². The van der Waals surface area contributed by atoms with Crippen molar-refractivity contribution < 1.29 is 17.9 Å². The summed E-state index contributed by atoms with van der Waals surface area (Å²) in [6, 6.07) is 3.43.